The molecule has 0 aliphatic heterocycles. The summed E-state index contributed by atoms with van der Waals surface area (Å²) in [5.41, 5.74) is 2.78. The molecule has 154 valence electrons. The molecular weight excluding hydrogens is 385 g/mol. The number of amides is 1. The topological polar surface area (TPSA) is 90.5 Å². The molecule has 9 heteroatoms. The van der Waals surface area contributed by atoms with Crippen molar-refractivity contribution in [2.45, 2.75) is 32.9 Å². The Morgan fingerprint density at radius 3 is 2.60 bits per heavy atom. The van der Waals surface area contributed by atoms with Crippen molar-refractivity contribution in [1.82, 2.24) is 35.1 Å². The largest absolute Gasteiger partial charge is 0.352 e. The maximum absolute atomic E-state index is 13.2. The van der Waals surface area contributed by atoms with Gasteiger partial charge in [-0.3, -0.25) is 4.79 Å². The van der Waals surface area contributed by atoms with Crippen LogP contribution in [0.1, 0.15) is 23.3 Å². The number of hydrogen-bond acceptors (Lipinski definition) is 5. The monoisotopic (exact) mass is 407 g/mol. The van der Waals surface area contributed by atoms with E-state index in [-0.39, 0.29) is 11.7 Å². The van der Waals surface area contributed by atoms with Crippen molar-refractivity contribution in [3.05, 3.63) is 71.6 Å². The fourth-order valence-electron chi connectivity index (χ4n) is 3.55. The van der Waals surface area contributed by atoms with Gasteiger partial charge in [-0.15, -0.1) is 5.10 Å². The summed E-state index contributed by atoms with van der Waals surface area (Å²) in [7, 11) is 0. The number of rotatable bonds is 7. The molecule has 0 aliphatic carbocycles. The standard InChI is InChI=1S/C21H22FN7O/c1-14-24-18-5-3-4-6-19(18)28(14)12-11-23-21(30)20(29-15(2)25-26-27-29)13-16-7-9-17(22)10-8-16/h3-10,20H,11-13H2,1-2H3,(H,23,30). The smallest absolute Gasteiger partial charge is 0.245 e. The molecule has 1 amide bonds. The molecule has 8 nitrogen and oxygen atoms in total. The first kappa shape index (κ1) is 19.7. The van der Waals surface area contributed by atoms with Crippen LogP contribution in [-0.2, 0) is 17.8 Å². The number of carbonyl (C=O) groups excluding carboxylic acids is 1. The highest BCUT2D eigenvalue weighted by Gasteiger charge is 2.24. The maximum Gasteiger partial charge on any atom is 0.245 e. The summed E-state index contributed by atoms with van der Waals surface area (Å²) < 4.78 is 16.8. The Labute approximate surface area is 172 Å². The molecule has 4 rings (SSSR count). The van der Waals surface area contributed by atoms with Gasteiger partial charge in [-0.2, -0.15) is 0 Å². The molecule has 1 N–H and O–H groups in total. The number of aryl methyl sites for hydroxylation is 2. The Balaban J connectivity index is 1.48. The average molecular weight is 407 g/mol. The summed E-state index contributed by atoms with van der Waals surface area (Å²) in [6.45, 7) is 4.71. The Bertz CT molecular complexity index is 1170. The normalized spacial score (nSPS) is 12.2. The van der Waals surface area contributed by atoms with Crippen LogP contribution in [-0.4, -0.2) is 42.2 Å². The summed E-state index contributed by atoms with van der Waals surface area (Å²) in [4.78, 5) is 17.6. The van der Waals surface area contributed by atoms with E-state index in [2.05, 4.69) is 30.4 Å². The predicted molar refractivity (Wildman–Crippen MR) is 109 cm³/mol. The molecule has 0 bridgehead atoms. The minimum absolute atomic E-state index is 0.197. The van der Waals surface area contributed by atoms with Crippen LogP contribution in [0.3, 0.4) is 0 Å². The lowest BCUT2D eigenvalue weighted by molar-refractivity contribution is -0.124. The number of aromatic nitrogens is 6. The molecule has 1 atom stereocenters. The number of nitrogens with zero attached hydrogens (tertiary/aromatic N) is 6. The maximum atomic E-state index is 13.2. The van der Waals surface area contributed by atoms with E-state index in [9.17, 15) is 9.18 Å². The van der Waals surface area contributed by atoms with Gasteiger partial charge in [0.15, 0.2) is 0 Å². The Kier molecular flexibility index (Phi) is 5.51. The zero-order chi connectivity index (χ0) is 21.1. The number of halogens is 1. The third-order valence-electron chi connectivity index (χ3n) is 5.08. The minimum atomic E-state index is -0.633. The molecule has 30 heavy (non-hydrogen) atoms. The minimum Gasteiger partial charge on any atom is -0.352 e. The van der Waals surface area contributed by atoms with E-state index in [0.29, 0.717) is 25.3 Å². The van der Waals surface area contributed by atoms with Gasteiger partial charge >= 0.3 is 0 Å². The van der Waals surface area contributed by atoms with E-state index >= 15 is 0 Å². The van der Waals surface area contributed by atoms with Crippen LogP contribution >= 0.6 is 0 Å². The highest BCUT2D eigenvalue weighted by molar-refractivity contribution is 5.80. The zero-order valence-corrected chi connectivity index (χ0v) is 16.8. The van der Waals surface area contributed by atoms with Crippen molar-refractivity contribution in [3.63, 3.8) is 0 Å². The number of benzene rings is 2. The van der Waals surface area contributed by atoms with Gasteiger partial charge in [-0.25, -0.2) is 14.1 Å². The van der Waals surface area contributed by atoms with Crippen molar-refractivity contribution in [3.8, 4) is 0 Å². The van der Waals surface area contributed by atoms with Gasteiger partial charge in [0.05, 0.1) is 11.0 Å². The molecule has 0 radical (unpaired) electrons. The molecule has 0 aliphatic rings. The summed E-state index contributed by atoms with van der Waals surface area (Å²) >= 11 is 0. The van der Waals surface area contributed by atoms with Gasteiger partial charge in [0.1, 0.15) is 23.5 Å². The third kappa shape index (κ3) is 4.05. The van der Waals surface area contributed by atoms with Crippen LogP contribution in [0.15, 0.2) is 48.5 Å². The van der Waals surface area contributed by atoms with Gasteiger partial charge < -0.3 is 9.88 Å². The van der Waals surface area contributed by atoms with Crippen LogP contribution in [0.25, 0.3) is 11.0 Å². The molecule has 0 saturated carbocycles. The van der Waals surface area contributed by atoms with Crippen LogP contribution in [0, 0.1) is 19.7 Å². The Morgan fingerprint density at radius 1 is 1.10 bits per heavy atom. The number of nitrogens with one attached hydrogen (secondary N) is 1. The van der Waals surface area contributed by atoms with Gasteiger partial charge in [-0.05, 0) is 54.1 Å². The van der Waals surface area contributed by atoms with Crippen LogP contribution in [0.4, 0.5) is 4.39 Å². The second-order valence-corrected chi connectivity index (χ2v) is 7.11. The lowest BCUT2D eigenvalue weighted by atomic mass is 10.1. The molecule has 0 spiro atoms. The summed E-state index contributed by atoms with van der Waals surface area (Å²) in [6, 6.07) is 13.4. The van der Waals surface area contributed by atoms with Gasteiger partial charge in [0.2, 0.25) is 5.91 Å². The lowest BCUT2D eigenvalue weighted by Crippen LogP contribution is -2.36. The summed E-state index contributed by atoms with van der Waals surface area (Å²) in [6.07, 6.45) is 0.352. The van der Waals surface area contributed by atoms with E-state index in [1.165, 1.54) is 16.8 Å². The third-order valence-corrected chi connectivity index (χ3v) is 5.08. The molecule has 0 fully saturated rings. The lowest BCUT2D eigenvalue weighted by Gasteiger charge is -2.18. The number of para-hydroxylation sites is 2. The van der Waals surface area contributed by atoms with Gasteiger partial charge in [0, 0.05) is 19.5 Å². The Morgan fingerprint density at radius 2 is 1.87 bits per heavy atom. The number of fused-ring (bicyclic) bond motifs is 1. The van der Waals surface area contributed by atoms with Crippen molar-refractivity contribution in [1.29, 1.82) is 0 Å². The first-order chi connectivity index (χ1) is 14.5. The van der Waals surface area contributed by atoms with Crippen molar-refractivity contribution in [2.75, 3.05) is 6.54 Å². The molecule has 4 aromatic rings. The van der Waals surface area contributed by atoms with Crippen LogP contribution in [0.2, 0.25) is 0 Å². The Hall–Kier alpha value is -3.62. The van der Waals surface area contributed by atoms with Gasteiger partial charge in [0.25, 0.3) is 0 Å². The summed E-state index contributed by atoms with van der Waals surface area (Å²) in [5.74, 6) is 0.913. The molecular formula is C21H22FN7O. The van der Waals surface area contributed by atoms with E-state index in [4.69, 9.17) is 0 Å². The second-order valence-electron chi connectivity index (χ2n) is 7.11. The quantitative estimate of drug-likeness (QED) is 0.508. The van der Waals surface area contributed by atoms with E-state index in [1.54, 1.807) is 19.1 Å². The fraction of sp³-hybridized carbons (Fsp3) is 0.286. The van der Waals surface area contributed by atoms with E-state index < -0.39 is 6.04 Å². The number of carbonyl (C=O) groups is 1. The highest BCUT2D eigenvalue weighted by Crippen LogP contribution is 2.17. The number of hydrogen-bond donors (Lipinski definition) is 1. The molecule has 1 unspecified atom stereocenters. The van der Waals surface area contributed by atoms with Crippen LogP contribution < -0.4 is 5.32 Å². The van der Waals surface area contributed by atoms with E-state index in [0.717, 1.165) is 22.4 Å². The van der Waals surface area contributed by atoms with Crippen molar-refractivity contribution in [2.24, 2.45) is 0 Å². The first-order valence-electron chi connectivity index (χ1n) is 9.71. The number of imidazole rings is 1. The molecule has 0 saturated heterocycles. The summed E-state index contributed by atoms with van der Waals surface area (Å²) in [5, 5.41) is 14.5. The SMILES string of the molecule is Cc1nnnn1C(Cc1ccc(F)cc1)C(=O)NCCn1c(C)nc2ccccc21. The second kappa shape index (κ2) is 8.40. The van der Waals surface area contributed by atoms with E-state index in [1.807, 2.05) is 31.2 Å². The van der Waals surface area contributed by atoms with Crippen LogP contribution in [0.5, 0.6) is 0 Å². The first-order valence-corrected chi connectivity index (χ1v) is 9.71. The van der Waals surface area contributed by atoms with Crippen molar-refractivity contribution < 1.29 is 9.18 Å². The molecule has 2 heterocycles. The molecule has 2 aromatic heterocycles. The fourth-order valence-corrected chi connectivity index (χ4v) is 3.55. The average Bonchev–Trinajstić information content (AvgIpc) is 3.30. The number of tetrazole rings is 1. The predicted octanol–water partition coefficient (Wildman–Crippen LogP) is 2.38. The van der Waals surface area contributed by atoms with Gasteiger partial charge in [-0.1, -0.05) is 24.3 Å². The molecule has 2 aromatic carbocycles. The zero-order valence-electron chi connectivity index (χ0n) is 16.8. The van der Waals surface area contributed by atoms with Crippen molar-refractivity contribution >= 4 is 16.9 Å². The highest BCUT2D eigenvalue weighted by atomic mass is 19.1.